The van der Waals surface area contributed by atoms with E-state index in [1.54, 1.807) is 0 Å². The highest BCUT2D eigenvalue weighted by Gasteiger charge is 2.25. The molecule has 20 heavy (non-hydrogen) atoms. The summed E-state index contributed by atoms with van der Waals surface area (Å²) < 4.78 is 1.87. The summed E-state index contributed by atoms with van der Waals surface area (Å²) >= 11 is 0. The molecule has 0 N–H and O–H groups in total. The van der Waals surface area contributed by atoms with Gasteiger partial charge in [0.2, 0.25) is 5.91 Å². The Morgan fingerprint density at radius 3 is 2.25 bits per heavy atom. The van der Waals surface area contributed by atoms with Crippen LogP contribution >= 0.6 is 0 Å². The monoisotopic (exact) mass is 277 g/mol. The van der Waals surface area contributed by atoms with Crippen molar-refractivity contribution in [3.8, 4) is 0 Å². The first-order chi connectivity index (χ1) is 9.47. The second-order valence-corrected chi connectivity index (χ2v) is 5.84. The maximum Gasteiger partial charge on any atom is 0.255 e. The SMILES string of the molecule is CC(C)CC(=O)N1CCN(C(=O)c2ccn(C)c2)CC1. The molecule has 0 spiro atoms. The average molecular weight is 277 g/mol. The second-order valence-electron chi connectivity index (χ2n) is 5.84. The van der Waals surface area contributed by atoms with Crippen molar-refractivity contribution in [3.63, 3.8) is 0 Å². The number of nitrogens with zero attached hydrogens (tertiary/aromatic N) is 3. The van der Waals surface area contributed by atoms with Crippen molar-refractivity contribution in [2.45, 2.75) is 20.3 Å². The van der Waals surface area contributed by atoms with Gasteiger partial charge in [0.05, 0.1) is 5.56 Å². The van der Waals surface area contributed by atoms with E-state index in [0.29, 0.717) is 38.5 Å². The van der Waals surface area contributed by atoms with Crippen LogP contribution in [0.2, 0.25) is 0 Å². The fourth-order valence-corrected chi connectivity index (χ4v) is 2.45. The molecule has 1 aliphatic rings. The number of amides is 2. The Bertz CT molecular complexity index is 485. The molecule has 0 bridgehead atoms. The standard InChI is InChI=1S/C15H23N3O2/c1-12(2)10-14(19)17-6-8-18(9-7-17)15(20)13-4-5-16(3)11-13/h4-5,11-12H,6-10H2,1-3H3. The molecule has 110 valence electrons. The van der Waals surface area contributed by atoms with Crippen LogP contribution in [0, 0.1) is 5.92 Å². The summed E-state index contributed by atoms with van der Waals surface area (Å²) in [5, 5.41) is 0. The van der Waals surface area contributed by atoms with Crippen LogP contribution < -0.4 is 0 Å². The van der Waals surface area contributed by atoms with Crippen LogP contribution in [0.1, 0.15) is 30.6 Å². The van der Waals surface area contributed by atoms with E-state index < -0.39 is 0 Å². The van der Waals surface area contributed by atoms with Crippen LogP contribution in [0.5, 0.6) is 0 Å². The highest BCUT2D eigenvalue weighted by atomic mass is 16.2. The first kappa shape index (κ1) is 14.6. The van der Waals surface area contributed by atoms with Gasteiger partial charge in [-0.3, -0.25) is 9.59 Å². The van der Waals surface area contributed by atoms with Gasteiger partial charge >= 0.3 is 0 Å². The van der Waals surface area contributed by atoms with Gasteiger partial charge in [0.25, 0.3) is 5.91 Å². The van der Waals surface area contributed by atoms with Crippen molar-refractivity contribution in [2.24, 2.45) is 13.0 Å². The summed E-state index contributed by atoms with van der Waals surface area (Å²) in [6.07, 6.45) is 4.29. The van der Waals surface area contributed by atoms with E-state index in [4.69, 9.17) is 0 Å². The highest BCUT2D eigenvalue weighted by Crippen LogP contribution is 2.11. The molecule has 5 nitrogen and oxygen atoms in total. The Morgan fingerprint density at radius 1 is 1.15 bits per heavy atom. The van der Waals surface area contributed by atoms with Crippen LogP contribution in [0.15, 0.2) is 18.5 Å². The molecule has 2 rings (SSSR count). The minimum Gasteiger partial charge on any atom is -0.356 e. The number of carbonyl (C=O) groups excluding carboxylic acids is 2. The summed E-state index contributed by atoms with van der Waals surface area (Å²) in [5.41, 5.74) is 0.717. The van der Waals surface area contributed by atoms with Gasteiger partial charge in [0.15, 0.2) is 0 Å². The zero-order valence-corrected chi connectivity index (χ0v) is 12.5. The summed E-state index contributed by atoms with van der Waals surface area (Å²) in [6, 6.07) is 1.83. The topological polar surface area (TPSA) is 45.6 Å². The lowest BCUT2D eigenvalue weighted by atomic mass is 10.1. The Kier molecular flexibility index (Phi) is 4.47. The maximum atomic E-state index is 12.3. The number of aryl methyl sites for hydroxylation is 1. The Balaban J connectivity index is 1.88. The molecule has 5 heteroatoms. The zero-order valence-electron chi connectivity index (χ0n) is 12.5. The Morgan fingerprint density at radius 2 is 1.75 bits per heavy atom. The molecule has 2 amide bonds. The lowest BCUT2D eigenvalue weighted by molar-refractivity contribution is -0.133. The van der Waals surface area contributed by atoms with Crippen LogP contribution in [0.4, 0.5) is 0 Å². The number of piperazine rings is 1. The smallest absolute Gasteiger partial charge is 0.255 e. The third kappa shape index (κ3) is 3.40. The summed E-state index contributed by atoms with van der Waals surface area (Å²) in [4.78, 5) is 28.0. The van der Waals surface area contributed by atoms with Gasteiger partial charge in [-0.2, -0.15) is 0 Å². The lowest BCUT2D eigenvalue weighted by Crippen LogP contribution is -2.50. The van der Waals surface area contributed by atoms with Crippen molar-refractivity contribution in [1.29, 1.82) is 0 Å². The molecule has 0 atom stereocenters. The van der Waals surface area contributed by atoms with E-state index in [9.17, 15) is 9.59 Å². The minimum absolute atomic E-state index is 0.0570. The predicted octanol–water partition coefficient (Wildman–Crippen LogP) is 1.36. The summed E-state index contributed by atoms with van der Waals surface area (Å²) in [5.74, 6) is 0.639. The molecule has 0 radical (unpaired) electrons. The molecule has 1 aromatic heterocycles. The van der Waals surface area contributed by atoms with Gasteiger partial charge in [-0.15, -0.1) is 0 Å². The molecular formula is C15H23N3O2. The molecule has 1 fully saturated rings. The van der Waals surface area contributed by atoms with Crippen molar-refractivity contribution in [1.82, 2.24) is 14.4 Å². The third-order valence-corrected chi connectivity index (χ3v) is 3.58. The Labute approximate surface area is 120 Å². The number of rotatable bonds is 3. The van der Waals surface area contributed by atoms with Gasteiger partial charge in [-0.1, -0.05) is 13.8 Å². The van der Waals surface area contributed by atoms with Crippen molar-refractivity contribution in [3.05, 3.63) is 24.0 Å². The zero-order chi connectivity index (χ0) is 14.7. The van der Waals surface area contributed by atoms with Gasteiger partial charge in [0, 0.05) is 52.0 Å². The molecule has 0 unspecified atom stereocenters. The molecule has 0 saturated carbocycles. The lowest BCUT2D eigenvalue weighted by Gasteiger charge is -2.35. The van der Waals surface area contributed by atoms with Crippen LogP contribution in [0.3, 0.4) is 0 Å². The van der Waals surface area contributed by atoms with Gasteiger partial charge < -0.3 is 14.4 Å². The van der Waals surface area contributed by atoms with Gasteiger partial charge in [0.1, 0.15) is 0 Å². The fraction of sp³-hybridized carbons (Fsp3) is 0.600. The minimum atomic E-state index is 0.0570. The quantitative estimate of drug-likeness (QED) is 0.837. The number of aromatic nitrogens is 1. The van der Waals surface area contributed by atoms with E-state index >= 15 is 0 Å². The largest absolute Gasteiger partial charge is 0.356 e. The van der Waals surface area contributed by atoms with Crippen molar-refractivity contribution >= 4 is 11.8 Å². The normalized spacial score (nSPS) is 15.8. The van der Waals surface area contributed by atoms with Gasteiger partial charge in [-0.25, -0.2) is 0 Å². The molecule has 1 aromatic rings. The maximum absolute atomic E-state index is 12.3. The molecular weight excluding hydrogens is 254 g/mol. The van der Waals surface area contributed by atoms with Crippen LogP contribution in [0.25, 0.3) is 0 Å². The fourth-order valence-electron chi connectivity index (χ4n) is 2.45. The molecule has 0 aromatic carbocycles. The average Bonchev–Trinajstić information content (AvgIpc) is 2.84. The van der Waals surface area contributed by atoms with E-state index in [1.807, 2.05) is 53.7 Å². The Hall–Kier alpha value is -1.78. The number of hydrogen-bond acceptors (Lipinski definition) is 2. The number of hydrogen-bond donors (Lipinski definition) is 0. The van der Waals surface area contributed by atoms with E-state index in [0.717, 1.165) is 5.56 Å². The van der Waals surface area contributed by atoms with Crippen molar-refractivity contribution < 1.29 is 9.59 Å². The van der Waals surface area contributed by atoms with E-state index in [-0.39, 0.29) is 11.8 Å². The molecule has 0 aliphatic carbocycles. The summed E-state index contributed by atoms with van der Waals surface area (Å²) in [6.45, 7) is 6.63. The summed E-state index contributed by atoms with van der Waals surface area (Å²) in [7, 11) is 1.90. The predicted molar refractivity (Wildman–Crippen MR) is 77.4 cm³/mol. The van der Waals surface area contributed by atoms with E-state index in [1.165, 1.54) is 0 Å². The molecule has 1 saturated heterocycles. The second kappa shape index (κ2) is 6.11. The first-order valence-corrected chi connectivity index (χ1v) is 7.16. The van der Waals surface area contributed by atoms with Crippen LogP contribution in [-0.4, -0.2) is 52.4 Å². The third-order valence-electron chi connectivity index (χ3n) is 3.58. The van der Waals surface area contributed by atoms with Gasteiger partial charge in [-0.05, 0) is 12.0 Å². The first-order valence-electron chi connectivity index (χ1n) is 7.16. The number of carbonyl (C=O) groups is 2. The molecule has 2 heterocycles. The van der Waals surface area contributed by atoms with E-state index in [2.05, 4.69) is 0 Å². The highest BCUT2D eigenvalue weighted by molar-refractivity contribution is 5.94. The van der Waals surface area contributed by atoms with Crippen molar-refractivity contribution in [2.75, 3.05) is 26.2 Å². The van der Waals surface area contributed by atoms with Crippen LogP contribution in [-0.2, 0) is 11.8 Å². The molecule has 1 aliphatic heterocycles.